The molecule has 3 aliphatic carbocycles. The standard InChI is InChI=1S/C17H26N2O2/c20-16(5-9-19-8-1-2-10-21-19)18-12-13-11-14-3-4-15(13)17(14)6-7-17/h3-4,13-15H,1-2,5-12H2,(H,18,20)/t13-,14-,15-/m0/s1. The predicted octanol–water partition coefficient (Wildman–Crippen LogP) is 2.12. The average Bonchev–Trinajstić information content (AvgIpc) is 3.19. The lowest BCUT2D eigenvalue weighted by atomic mass is 9.89. The van der Waals surface area contributed by atoms with E-state index < -0.39 is 0 Å². The zero-order chi connectivity index (χ0) is 14.3. The van der Waals surface area contributed by atoms with Crippen LogP contribution < -0.4 is 5.32 Å². The Morgan fingerprint density at radius 3 is 2.95 bits per heavy atom. The van der Waals surface area contributed by atoms with Crippen LogP contribution in [-0.4, -0.2) is 37.2 Å². The topological polar surface area (TPSA) is 41.6 Å². The normalized spacial score (nSPS) is 36.3. The molecular formula is C17H26N2O2. The van der Waals surface area contributed by atoms with Crippen LogP contribution in [0.25, 0.3) is 0 Å². The van der Waals surface area contributed by atoms with Crippen molar-refractivity contribution in [2.75, 3.05) is 26.2 Å². The van der Waals surface area contributed by atoms with Gasteiger partial charge >= 0.3 is 0 Å². The van der Waals surface area contributed by atoms with Gasteiger partial charge in [0, 0.05) is 26.1 Å². The molecule has 0 aromatic rings. The molecule has 116 valence electrons. The van der Waals surface area contributed by atoms with Gasteiger partial charge in [0.25, 0.3) is 0 Å². The first-order valence-electron chi connectivity index (χ1n) is 8.61. The maximum Gasteiger partial charge on any atom is 0.221 e. The van der Waals surface area contributed by atoms with Gasteiger partial charge in [-0.15, -0.1) is 0 Å². The molecule has 1 heterocycles. The number of nitrogens with zero attached hydrogens (tertiary/aromatic N) is 1. The van der Waals surface area contributed by atoms with Crippen LogP contribution in [0.1, 0.15) is 38.5 Å². The number of hydrogen-bond donors (Lipinski definition) is 1. The summed E-state index contributed by atoms with van der Waals surface area (Å²) in [5.41, 5.74) is 0.636. The summed E-state index contributed by atoms with van der Waals surface area (Å²) in [6.07, 6.45) is 11.9. The Morgan fingerprint density at radius 1 is 1.33 bits per heavy atom. The van der Waals surface area contributed by atoms with Gasteiger partial charge in [0.05, 0.1) is 6.61 Å². The van der Waals surface area contributed by atoms with Gasteiger partial charge in [-0.2, -0.15) is 5.06 Å². The maximum absolute atomic E-state index is 12.0. The molecule has 4 nitrogen and oxygen atoms in total. The summed E-state index contributed by atoms with van der Waals surface area (Å²) in [5.74, 6) is 2.41. The molecule has 1 N–H and O–H groups in total. The lowest BCUT2D eigenvalue weighted by Gasteiger charge is -2.26. The summed E-state index contributed by atoms with van der Waals surface area (Å²) >= 11 is 0. The third-order valence-corrected chi connectivity index (χ3v) is 6.07. The zero-order valence-electron chi connectivity index (χ0n) is 12.7. The van der Waals surface area contributed by atoms with Gasteiger partial charge in [-0.25, -0.2) is 0 Å². The Morgan fingerprint density at radius 2 is 2.24 bits per heavy atom. The van der Waals surface area contributed by atoms with E-state index in [4.69, 9.17) is 4.84 Å². The molecule has 1 aliphatic heterocycles. The number of carbonyl (C=O) groups excluding carboxylic acids is 1. The van der Waals surface area contributed by atoms with E-state index in [9.17, 15) is 4.79 Å². The molecule has 3 fully saturated rings. The molecule has 0 unspecified atom stereocenters. The fraction of sp³-hybridized carbons (Fsp3) is 0.824. The van der Waals surface area contributed by atoms with E-state index in [1.807, 2.05) is 5.06 Å². The van der Waals surface area contributed by atoms with Gasteiger partial charge in [0.2, 0.25) is 5.91 Å². The summed E-state index contributed by atoms with van der Waals surface area (Å²) in [5, 5.41) is 5.11. The SMILES string of the molecule is O=C(CCN1CCCCO1)NC[C@@H]1C[C@@H]2C=C[C@@H]1C21CC1. The number of hydrogen-bond acceptors (Lipinski definition) is 3. The van der Waals surface area contributed by atoms with Gasteiger partial charge in [-0.05, 0) is 55.3 Å². The van der Waals surface area contributed by atoms with Crippen LogP contribution in [0.3, 0.4) is 0 Å². The highest BCUT2D eigenvalue weighted by atomic mass is 16.7. The van der Waals surface area contributed by atoms with Crippen LogP contribution >= 0.6 is 0 Å². The quantitative estimate of drug-likeness (QED) is 0.789. The first-order valence-corrected chi connectivity index (χ1v) is 8.61. The van der Waals surface area contributed by atoms with Crippen molar-refractivity contribution in [3.63, 3.8) is 0 Å². The molecule has 0 aromatic carbocycles. The van der Waals surface area contributed by atoms with Gasteiger partial charge in [0.1, 0.15) is 0 Å². The average molecular weight is 290 g/mol. The minimum Gasteiger partial charge on any atom is -0.356 e. The number of allylic oxidation sites excluding steroid dienone is 2. The summed E-state index contributed by atoms with van der Waals surface area (Å²) in [4.78, 5) is 17.5. The molecule has 0 radical (unpaired) electrons. The fourth-order valence-electron chi connectivity index (χ4n) is 4.74. The number of rotatable bonds is 5. The largest absolute Gasteiger partial charge is 0.356 e. The molecule has 4 aliphatic rings. The molecule has 1 spiro atoms. The summed E-state index contributed by atoms with van der Waals surface area (Å²) in [6.45, 7) is 3.37. The highest BCUT2D eigenvalue weighted by molar-refractivity contribution is 5.76. The molecule has 1 amide bonds. The van der Waals surface area contributed by atoms with Crippen LogP contribution in [0.4, 0.5) is 0 Å². The highest BCUT2D eigenvalue weighted by Crippen LogP contribution is 2.69. The second kappa shape index (κ2) is 5.40. The van der Waals surface area contributed by atoms with Crippen molar-refractivity contribution >= 4 is 5.91 Å². The van der Waals surface area contributed by atoms with E-state index in [0.29, 0.717) is 17.8 Å². The molecule has 0 aromatic heterocycles. The van der Waals surface area contributed by atoms with Crippen molar-refractivity contribution in [3.8, 4) is 0 Å². The van der Waals surface area contributed by atoms with Crippen LogP contribution in [0, 0.1) is 23.2 Å². The Hall–Kier alpha value is -0.870. The van der Waals surface area contributed by atoms with Crippen LogP contribution in [0.2, 0.25) is 0 Å². The molecule has 2 saturated carbocycles. The predicted molar refractivity (Wildman–Crippen MR) is 80.3 cm³/mol. The minimum absolute atomic E-state index is 0.181. The molecule has 21 heavy (non-hydrogen) atoms. The zero-order valence-corrected chi connectivity index (χ0v) is 12.7. The minimum atomic E-state index is 0.181. The number of carbonyl (C=O) groups is 1. The van der Waals surface area contributed by atoms with Crippen molar-refractivity contribution in [2.45, 2.75) is 38.5 Å². The third-order valence-electron chi connectivity index (χ3n) is 6.07. The van der Waals surface area contributed by atoms with E-state index in [-0.39, 0.29) is 5.91 Å². The smallest absolute Gasteiger partial charge is 0.221 e. The summed E-state index contributed by atoms with van der Waals surface area (Å²) in [6, 6.07) is 0. The van der Waals surface area contributed by atoms with Crippen LogP contribution in [-0.2, 0) is 9.63 Å². The van der Waals surface area contributed by atoms with Gasteiger partial charge in [-0.1, -0.05) is 12.2 Å². The molecule has 4 heteroatoms. The number of amides is 1. The molecule has 2 bridgehead atoms. The molecule has 1 saturated heterocycles. The van der Waals surface area contributed by atoms with Crippen molar-refractivity contribution in [1.82, 2.24) is 10.4 Å². The van der Waals surface area contributed by atoms with E-state index in [0.717, 1.165) is 44.5 Å². The first kappa shape index (κ1) is 13.8. The second-order valence-electron chi connectivity index (χ2n) is 7.27. The Labute approximate surface area is 126 Å². The Balaban J connectivity index is 1.19. The Bertz CT molecular complexity index is 438. The van der Waals surface area contributed by atoms with Gasteiger partial charge in [-0.3, -0.25) is 9.63 Å². The van der Waals surface area contributed by atoms with E-state index in [2.05, 4.69) is 17.5 Å². The van der Waals surface area contributed by atoms with Crippen LogP contribution in [0.5, 0.6) is 0 Å². The van der Waals surface area contributed by atoms with Crippen molar-refractivity contribution in [2.24, 2.45) is 23.2 Å². The summed E-state index contributed by atoms with van der Waals surface area (Å²) < 4.78 is 0. The first-order chi connectivity index (χ1) is 10.3. The van der Waals surface area contributed by atoms with Crippen molar-refractivity contribution < 1.29 is 9.63 Å². The third kappa shape index (κ3) is 2.53. The highest BCUT2D eigenvalue weighted by Gasteiger charge is 2.62. The van der Waals surface area contributed by atoms with E-state index in [1.165, 1.54) is 25.7 Å². The van der Waals surface area contributed by atoms with Gasteiger partial charge in [0.15, 0.2) is 0 Å². The van der Waals surface area contributed by atoms with Crippen molar-refractivity contribution in [1.29, 1.82) is 0 Å². The van der Waals surface area contributed by atoms with Gasteiger partial charge < -0.3 is 5.32 Å². The van der Waals surface area contributed by atoms with Crippen LogP contribution in [0.15, 0.2) is 12.2 Å². The van der Waals surface area contributed by atoms with E-state index >= 15 is 0 Å². The molecule has 3 atom stereocenters. The van der Waals surface area contributed by atoms with Crippen molar-refractivity contribution in [3.05, 3.63) is 12.2 Å². The molecule has 4 rings (SSSR count). The second-order valence-corrected chi connectivity index (χ2v) is 7.27. The fourth-order valence-corrected chi connectivity index (χ4v) is 4.74. The molecular weight excluding hydrogens is 264 g/mol. The monoisotopic (exact) mass is 290 g/mol. The van der Waals surface area contributed by atoms with E-state index in [1.54, 1.807) is 0 Å². The number of nitrogens with one attached hydrogen (secondary N) is 1. The summed E-state index contributed by atoms with van der Waals surface area (Å²) in [7, 11) is 0. The lowest BCUT2D eigenvalue weighted by Crippen LogP contribution is -2.36. The maximum atomic E-state index is 12.0. The Kier molecular flexibility index (Phi) is 3.54. The lowest BCUT2D eigenvalue weighted by molar-refractivity contribution is -0.181. The number of hydroxylamine groups is 2.